The number of ether oxygens (including phenoxy) is 1. The van der Waals surface area contributed by atoms with Crippen LogP contribution in [0.3, 0.4) is 0 Å². The highest BCUT2D eigenvalue weighted by Crippen LogP contribution is 2.39. The highest BCUT2D eigenvalue weighted by molar-refractivity contribution is 7.13. The van der Waals surface area contributed by atoms with Crippen LogP contribution in [0.15, 0.2) is 29.6 Å². The number of hydrogen-bond donors (Lipinski definition) is 1. The lowest BCUT2D eigenvalue weighted by atomic mass is 10.1. The second kappa shape index (κ2) is 4.53. The lowest BCUT2D eigenvalue weighted by molar-refractivity contribution is -0.274. The van der Waals surface area contributed by atoms with Crippen LogP contribution in [0.4, 0.5) is 18.9 Å². The first-order valence-corrected chi connectivity index (χ1v) is 5.94. The number of nitrogen functional groups attached to an aromatic ring is 1. The molecule has 96 valence electrons. The molecule has 0 radical (unpaired) electrons. The van der Waals surface area contributed by atoms with Gasteiger partial charge in [0.05, 0.1) is 0 Å². The highest BCUT2D eigenvalue weighted by atomic mass is 32.1. The zero-order valence-electron chi connectivity index (χ0n) is 9.41. The van der Waals surface area contributed by atoms with Crippen molar-refractivity contribution in [3.63, 3.8) is 0 Å². The van der Waals surface area contributed by atoms with Crippen molar-refractivity contribution in [1.82, 2.24) is 0 Å². The molecule has 0 saturated carbocycles. The molecule has 0 aliphatic heterocycles. The van der Waals surface area contributed by atoms with E-state index in [4.69, 9.17) is 5.73 Å². The van der Waals surface area contributed by atoms with Gasteiger partial charge in [-0.2, -0.15) is 0 Å². The molecule has 1 aromatic carbocycles. The second-order valence-electron chi connectivity index (χ2n) is 3.74. The van der Waals surface area contributed by atoms with E-state index in [2.05, 4.69) is 4.74 Å². The van der Waals surface area contributed by atoms with Crippen molar-refractivity contribution >= 4 is 17.0 Å². The number of aryl methyl sites for hydroxylation is 1. The van der Waals surface area contributed by atoms with Gasteiger partial charge in [-0.3, -0.25) is 0 Å². The Kier molecular flexibility index (Phi) is 3.21. The standard InChI is InChI=1S/C12H10F3NOS/c1-7-4-5-18-11(7)9-6-8(16)2-3-10(9)17-12(13,14)15/h2-6H,16H2,1H3. The largest absolute Gasteiger partial charge is 0.573 e. The van der Waals surface area contributed by atoms with E-state index in [9.17, 15) is 13.2 Å². The molecule has 2 nitrogen and oxygen atoms in total. The molecule has 2 N–H and O–H groups in total. The van der Waals surface area contributed by atoms with Crippen molar-refractivity contribution < 1.29 is 17.9 Å². The van der Waals surface area contributed by atoms with Gasteiger partial charge in [0.15, 0.2) is 0 Å². The lowest BCUT2D eigenvalue weighted by Gasteiger charge is -2.13. The number of rotatable bonds is 2. The summed E-state index contributed by atoms with van der Waals surface area (Å²) in [6.45, 7) is 1.83. The Morgan fingerprint density at radius 3 is 2.50 bits per heavy atom. The first kappa shape index (κ1) is 12.8. The van der Waals surface area contributed by atoms with E-state index in [1.165, 1.54) is 29.5 Å². The van der Waals surface area contributed by atoms with Gasteiger partial charge < -0.3 is 10.5 Å². The summed E-state index contributed by atoms with van der Waals surface area (Å²) >= 11 is 1.35. The molecule has 2 aromatic rings. The minimum Gasteiger partial charge on any atom is -0.405 e. The number of alkyl halides is 3. The Labute approximate surface area is 106 Å². The molecule has 0 fully saturated rings. The molecule has 0 bridgehead atoms. The third-order valence-corrected chi connectivity index (χ3v) is 3.39. The smallest absolute Gasteiger partial charge is 0.405 e. The topological polar surface area (TPSA) is 35.2 Å². The Hall–Kier alpha value is -1.69. The van der Waals surface area contributed by atoms with Crippen molar-refractivity contribution in [3.8, 4) is 16.2 Å². The molecule has 0 amide bonds. The molecule has 0 aliphatic rings. The van der Waals surface area contributed by atoms with Crippen LogP contribution < -0.4 is 10.5 Å². The highest BCUT2D eigenvalue weighted by Gasteiger charge is 2.32. The summed E-state index contributed by atoms with van der Waals surface area (Å²) in [5, 5.41) is 1.81. The SMILES string of the molecule is Cc1ccsc1-c1cc(N)ccc1OC(F)(F)F. The van der Waals surface area contributed by atoms with Crippen LogP contribution in [-0.2, 0) is 0 Å². The van der Waals surface area contributed by atoms with Crippen molar-refractivity contribution in [3.05, 3.63) is 35.2 Å². The number of nitrogens with two attached hydrogens (primary N) is 1. The second-order valence-corrected chi connectivity index (χ2v) is 4.65. The van der Waals surface area contributed by atoms with Gasteiger partial charge in [0.1, 0.15) is 5.75 Å². The fourth-order valence-electron chi connectivity index (χ4n) is 1.59. The van der Waals surface area contributed by atoms with Crippen LogP contribution in [-0.4, -0.2) is 6.36 Å². The molecule has 0 saturated heterocycles. The molecule has 1 heterocycles. The quantitative estimate of drug-likeness (QED) is 0.832. The summed E-state index contributed by atoms with van der Waals surface area (Å²) in [5.41, 5.74) is 7.26. The first-order valence-electron chi connectivity index (χ1n) is 5.06. The van der Waals surface area contributed by atoms with Gasteiger partial charge >= 0.3 is 6.36 Å². The van der Waals surface area contributed by atoms with Crippen LogP contribution >= 0.6 is 11.3 Å². The summed E-state index contributed by atoms with van der Waals surface area (Å²) in [6, 6.07) is 5.94. The van der Waals surface area contributed by atoms with Crippen LogP contribution in [0, 0.1) is 6.92 Å². The van der Waals surface area contributed by atoms with E-state index in [0.717, 1.165) is 10.4 Å². The van der Waals surface area contributed by atoms with Gasteiger partial charge in [0.2, 0.25) is 0 Å². The first-order chi connectivity index (χ1) is 8.37. The van der Waals surface area contributed by atoms with Crippen molar-refractivity contribution in [2.24, 2.45) is 0 Å². The van der Waals surface area contributed by atoms with Crippen LogP contribution in [0.2, 0.25) is 0 Å². The minimum atomic E-state index is -4.71. The number of benzene rings is 1. The fraction of sp³-hybridized carbons (Fsp3) is 0.167. The fourth-order valence-corrected chi connectivity index (χ4v) is 2.54. The third kappa shape index (κ3) is 2.76. The Morgan fingerprint density at radius 2 is 1.94 bits per heavy atom. The van der Waals surface area contributed by atoms with E-state index in [1.54, 1.807) is 0 Å². The molecule has 0 atom stereocenters. The molecule has 0 unspecified atom stereocenters. The van der Waals surface area contributed by atoms with Gasteiger partial charge in [-0.05, 0) is 42.1 Å². The monoisotopic (exact) mass is 273 g/mol. The Bertz CT molecular complexity index is 563. The van der Waals surface area contributed by atoms with E-state index >= 15 is 0 Å². The zero-order valence-corrected chi connectivity index (χ0v) is 10.2. The average molecular weight is 273 g/mol. The maximum atomic E-state index is 12.3. The van der Waals surface area contributed by atoms with Gasteiger partial charge in [0, 0.05) is 16.1 Å². The van der Waals surface area contributed by atoms with Gasteiger partial charge in [-0.15, -0.1) is 24.5 Å². The van der Waals surface area contributed by atoms with Crippen molar-refractivity contribution in [2.45, 2.75) is 13.3 Å². The van der Waals surface area contributed by atoms with Gasteiger partial charge in [-0.1, -0.05) is 0 Å². The zero-order chi connectivity index (χ0) is 13.3. The van der Waals surface area contributed by atoms with Crippen molar-refractivity contribution in [1.29, 1.82) is 0 Å². The van der Waals surface area contributed by atoms with E-state index < -0.39 is 6.36 Å². The van der Waals surface area contributed by atoms with Crippen molar-refractivity contribution in [2.75, 3.05) is 5.73 Å². The summed E-state index contributed by atoms with van der Waals surface area (Å²) < 4.78 is 41.0. The summed E-state index contributed by atoms with van der Waals surface area (Å²) in [6.07, 6.45) is -4.71. The maximum absolute atomic E-state index is 12.3. The predicted octanol–water partition coefficient (Wildman–Crippen LogP) is 4.20. The summed E-state index contributed by atoms with van der Waals surface area (Å²) in [4.78, 5) is 0.724. The maximum Gasteiger partial charge on any atom is 0.573 e. The number of hydrogen-bond acceptors (Lipinski definition) is 3. The lowest BCUT2D eigenvalue weighted by Crippen LogP contribution is -2.17. The molecular formula is C12H10F3NOS. The molecule has 0 spiro atoms. The van der Waals surface area contributed by atoms with Crippen LogP contribution in [0.5, 0.6) is 5.75 Å². The van der Waals surface area contributed by atoms with E-state index in [0.29, 0.717) is 11.3 Å². The Balaban J connectivity index is 2.51. The molecule has 0 aliphatic carbocycles. The third-order valence-electron chi connectivity index (χ3n) is 2.34. The molecule has 2 rings (SSSR count). The number of thiophene rings is 1. The molecule has 6 heteroatoms. The van der Waals surface area contributed by atoms with E-state index in [-0.39, 0.29) is 5.75 Å². The predicted molar refractivity (Wildman–Crippen MR) is 65.6 cm³/mol. The number of halogens is 3. The van der Waals surface area contributed by atoms with E-state index in [1.807, 2.05) is 18.4 Å². The molecule has 18 heavy (non-hydrogen) atoms. The van der Waals surface area contributed by atoms with Gasteiger partial charge in [0.25, 0.3) is 0 Å². The molecular weight excluding hydrogens is 263 g/mol. The number of anilines is 1. The summed E-state index contributed by atoms with van der Waals surface area (Å²) in [5.74, 6) is -0.234. The van der Waals surface area contributed by atoms with Crippen LogP contribution in [0.1, 0.15) is 5.56 Å². The van der Waals surface area contributed by atoms with Gasteiger partial charge in [-0.25, -0.2) is 0 Å². The minimum absolute atomic E-state index is 0.234. The summed E-state index contributed by atoms with van der Waals surface area (Å²) in [7, 11) is 0. The molecule has 1 aromatic heterocycles. The Morgan fingerprint density at radius 1 is 1.22 bits per heavy atom. The van der Waals surface area contributed by atoms with Crippen LogP contribution in [0.25, 0.3) is 10.4 Å². The average Bonchev–Trinajstić information content (AvgIpc) is 2.65. The normalized spacial score (nSPS) is 11.6.